The minimum Gasteiger partial charge on any atom is -0.228 e. The minimum atomic E-state index is 0.736. The molecule has 2 nitrogen and oxygen atoms in total. The standard InChI is InChI=1S/C29H22N2/c1-21-9-8-14-26(19-21)22-15-17-24(18-16-22)28-20-27(23-10-4-2-5-11-23)30-29(31-28)25-12-6-3-7-13-25/h2-20H,1H3. The molecule has 0 amide bonds. The molecule has 0 spiro atoms. The van der Waals surface area contributed by atoms with Crippen LogP contribution in [-0.2, 0) is 0 Å². The molecule has 2 heteroatoms. The van der Waals surface area contributed by atoms with Crippen LogP contribution in [0.5, 0.6) is 0 Å². The molecular weight excluding hydrogens is 376 g/mol. The summed E-state index contributed by atoms with van der Waals surface area (Å²) < 4.78 is 0. The largest absolute Gasteiger partial charge is 0.228 e. The SMILES string of the molecule is Cc1cccc(-c2ccc(-c3cc(-c4ccccc4)nc(-c4ccccc4)n3)cc2)c1. The summed E-state index contributed by atoms with van der Waals surface area (Å²) in [5.74, 6) is 0.736. The van der Waals surface area contributed by atoms with Crippen molar-refractivity contribution in [3.8, 4) is 45.0 Å². The van der Waals surface area contributed by atoms with Gasteiger partial charge in [-0.3, -0.25) is 0 Å². The predicted molar refractivity (Wildman–Crippen MR) is 129 cm³/mol. The zero-order chi connectivity index (χ0) is 21.0. The molecule has 0 aliphatic rings. The first kappa shape index (κ1) is 19.0. The van der Waals surface area contributed by atoms with E-state index in [0.717, 1.165) is 33.9 Å². The lowest BCUT2D eigenvalue weighted by Crippen LogP contribution is -1.95. The van der Waals surface area contributed by atoms with E-state index in [1.807, 2.05) is 36.4 Å². The van der Waals surface area contributed by atoms with Crippen LogP contribution in [0.25, 0.3) is 45.0 Å². The summed E-state index contributed by atoms with van der Waals surface area (Å²) in [6.45, 7) is 2.12. The van der Waals surface area contributed by atoms with Crippen LogP contribution < -0.4 is 0 Å². The summed E-state index contributed by atoms with van der Waals surface area (Å²) in [6, 6.07) is 39.7. The summed E-state index contributed by atoms with van der Waals surface area (Å²) in [5, 5.41) is 0. The Balaban J connectivity index is 1.59. The number of nitrogens with zero attached hydrogens (tertiary/aromatic N) is 2. The zero-order valence-corrected chi connectivity index (χ0v) is 17.4. The second-order valence-electron chi connectivity index (χ2n) is 7.64. The number of hydrogen-bond acceptors (Lipinski definition) is 2. The van der Waals surface area contributed by atoms with Crippen LogP contribution >= 0.6 is 0 Å². The molecule has 5 rings (SSSR count). The maximum absolute atomic E-state index is 4.90. The number of hydrogen-bond donors (Lipinski definition) is 0. The van der Waals surface area contributed by atoms with Gasteiger partial charge >= 0.3 is 0 Å². The molecule has 0 saturated carbocycles. The maximum Gasteiger partial charge on any atom is 0.160 e. The van der Waals surface area contributed by atoms with Gasteiger partial charge in [0.2, 0.25) is 0 Å². The van der Waals surface area contributed by atoms with Crippen molar-refractivity contribution in [3.63, 3.8) is 0 Å². The molecule has 1 aromatic heterocycles. The molecule has 0 aliphatic heterocycles. The van der Waals surface area contributed by atoms with Crippen LogP contribution in [0.2, 0.25) is 0 Å². The van der Waals surface area contributed by atoms with Crippen LogP contribution in [0, 0.1) is 6.92 Å². The molecule has 4 aromatic carbocycles. The zero-order valence-electron chi connectivity index (χ0n) is 17.4. The van der Waals surface area contributed by atoms with Gasteiger partial charge in [-0.15, -0.1) is 0 Å². The van der Waals surface area contributed by atoms with Gasteiger partial charge in [0, 0.05) is 16.7 Å². The fourth-order valence-electron chi connectivity index (χ4n) is 3.73. The molecule has 0 aliphatic carbocycles. The van der Waals surface area contributed by atoms with Crippen LogP contribution in [0.4, 0.5) is 0 Å². The lowest BCUT2D eigenvalue weighted by atomic mass is 10.0. The van der Waals surface area contributed by atoms with Gasteiger partial charge in [-0.05, 0) is 24.1 Å². The van der Waals surface area contributed by atoms with Gasteiger partial charge in [0.05, 0.1) is 11.4 Å². The first-order valence-corrected chi connectivity index (χ1v) is 10.4. The van der Waals surface area contributed by atoms with E-state index in [2.05, 4.69) is 85.8 Å². The molecular formula is C29H22N2. The smallest absolute Gasteiger partial charge is 0.160 e. The Bertz CT molecular complexity index is 1250. The Morgan fingerprint density at radius 1 is 0.419 bits per heavy atom. The third-order valence-corrected chi connectivity index (χ3v) is 5.36. The second-order valence-corrected chi connectivity index (χ2v) is 7.64. The van der Waals surface area contributed by atoms with Crippen molar-refractivity contribution >= 4 is 0 Å². The van der Waals surface area contributed by atoms with Gasteiger partial charge in [-0.1, -0.05) is 115 Å². The van der Waals surface area contributed by atoms with Crippen LogP contribution in [0.15, 0.2) is 115 Å². The summed E-state index contributed by atoms with van der Waals surface area (Å²) >= 11 is 0. The lowest BCUT2D eigenvalue weighted by molar-refractivity contribution is 1.18. The highest BCUT2D eigenvalue weighted by Gasteiger charge is 2.10. The molecule has 1 heterocycles. The molecule has 148 valence electrons. The molecule has 0 radical (unpaired) electrons. The van der Waals surface area contributed by atoms with Gasteiger partial charge in [0.15, 0.2) is 5.82 Å². The molecule has 0 saturated heterocycles. The minimum absolute atomic E-state index is 0.736. The Morgan fingerprint density at radius 2 is 0.935 bits per heavy atom. The maximum atomic E-state index is 4.90. The molecule has 0 bridgehead atoms. The lowest BCUT2D eigenvalue weighted by Gasteiger charge is -2.10. The fourth-order valence-corrected chi connectivity index (χ4v) is 3.73. The van der Waals surface area contributed by atoms with Crippen molar-refractivity contribution < 1.29 is 0 Å². The average Bonchev–Trinajstić information content (AvgIpc) is 2.85. The van der Waals surface area contributed by atoms with Gasteiger partial charge < -0.3 is 0 Å². The molecule has 0 N–H and O–H groups in total. The average molecular weight is 399 g/mol. The van der Waals surface area contributed by atoms with Crippen LogP contribution in [0.3, 0.4) is 0 Å². The Hall–Kier alpha value is -4.04. The number of rotatable bonds is 4. The monoisotopic (exact) mass is 398 g/mol. The van der Waals surface area contributed by atoms with E-state index in [1.165, 1.54) is 16.7 Å². The topological polar surface area (TPSA) is 25.8 Å². The Kier molecular flexibility index (Phi) is 5.12. The molecule has 31 heavy (non-hydrogen) atoms. The Morgan fingerprint density at radius 3 is 1.55 bits per heavy atom. The third-order valence-electron chi connectivity index (χ3n) is 5.36. The first-order chi connectivity index (χ1) is 15.3. The van der Waals surface area contributed by atoms with Crippen molar-refractivity contribution in [1.29, 1.82) is 0 Å². The third kappa shape index (κ3) is 4.15. The van der Waals surface area contributed by atoms with E-state index in [-0.39, 0.29) is 0 Å². The second kappa shape index (κ2) is 8.37. The number of benzene rings is 4. The first-order valence-electron chi connectivity index (χ1n) is 10.4. The summed E-state index contributed by atoms with van der Waals surface area (Å²) in [4.78, 5) is 9.77. The quantitative estimate of drug-likeness (QED) is 0.314. The van der Waals surface area contributed by atoms with Gasteiger partial charge in [-0.25, -0.2) is 9.97 Å². The van der Waals surface area contributed by atoms with E-state index >= 15 is 0 Å². The molecule has 0 atom stereocenters. The van der Waals surface area contributed by atoms with Crippen molar-refractivity contribution in [2.24, 2.45) is 0 Å². The van der Waals surface area contributed by atoms with Gasteiger partial charge in [0.1, 0.15) is 0 Å². The normalized spacial score (nSPS) is 10.7. The van der Waals surface area contributed by atoms with E-state index < -0.39 is 0 Å². The van der Waals surface area contributed by atoms with Crippen molar-refractivity contribution in [2.45, 2.75) is 6.92 Å². The fraction of sp³-hybridized carbons (Fsp3) is 0.0345. The van der Waals surface area contributed by atoms with Gasteiger partial charge in [0.25, 0.3) is 0 Å². The molecule has 0 unspecified atom stereocenters. The highest BCUT2D eigenvalue weighted by atomic mass is 14.9. The van der Waals surface area contributed by atoms with E-state index in [1.54, 1.807) is 0 Å². The summed E-state index contributed by atoms with van der Waals surface area (Å²) in [5.41, 5.74) is 8.70. The van der Waals surface area contributed by atoms with Crippen LogP contribution in [-0.4, -0.2) is 9.97 Å². The summed E-state index contributed by atoms with van der Waals surface area (Å²) in [6.07, 6.45) is 0. The number of aryl methyl sites for hydroxylation is 1. The predicted octanol–water partition coefficient (Wildman–Crippen LogP) is 7.45. The van der Waals surface area contributed by atoms with E-state index in [4.69, 9.17) is 9.97 Å². The summed E-state index contributed by atoms with van der Waals surface area (Å²) in [7, 11) is 0. The van der Waals surface area contributed by atoms with Crippen molar-refractivity contribution in [1.82, 2.24) is 9.97 Å². The van der Waals surface area contributed by atoms with E-state index in [9.17, 15) is 0 Å². The van der Waals surface area contributed by atoms with Crippen LogP contribution in [0.1, 0.15) is 5.56 Å². The highest BCUT2D eigenvalue weighted by Crippen LogP contribution is 2.29. The van der Waals surface area contributed by atoms with Gasteiger partial charge in [-0.2, -0.15) is 0 Å². The molecule has 5 aromatic rings. The highest BCUT2D eigenvalue weighted by molar-refractivity contribution is 5.74. The number of aromatic nitrogens is 2. The molecule has 0 fully saturated rings. The Labute approximate surface area is 182 Å². The van der Waals surface area contributed by atoms with E-state index in [0.29, 0.717) is 0 Å². The van der Waals surface area contributed by atoms with Crippen molar-refractivity contribution in [2.75, 3.05) is 0 Å². The van der Waals surface area contributed by atoms with Crippen molar-refractivity contribution in [3.05, 3.63) is 121 Å².